The molecule has 38 heavy (non-hydrogen) atoms. The Morgan fingerprint density at radius 2 is 1.24 bits per heavy atom. The van der Waals surface area contributed by atoms with Gasteiger partial charge in [0, 0.05) is 13.0 Å². The molecule has 0 aromatic rings. The number of carboxylic acids is 3. The first-order valence-corrected chi connectivity index (χ1v) is 11.9. The lowest BCUT2D eigenvalue weighted by atomic mass is 10.0. The fourth-order valence-corrected chi connectivity index (χ4v) is 3.16. The molecule has 0 radical (unpaired) electrons. The number of nitrogens with one attached hydrogen (secondary N) is 3. The summed E-state index contributed by atoms with van der Waals surface area (Å²) in [6.07, 6.45) is -0.482. The molecule has 0 fully saturated rings. The fraction of sp³-hybridized carbons (Fsp3) is 0.667. The van der Waals surface area contributed by atoms with Crippen LogP contribution in [-0.4, -0.2) is 94.2 Å². The standard InChI is InChI=1S/C21H38N8O9/c22-8-2-1-4-14(20(37)38)29-18(35)12(5-3-9-26-21(24)25)28-19(36)13(6-7-15(30)31)27-17(34)11(23)10-16(32)33/h11-14H,1-10,22-23H2,(H,27,34)(H,28,36)(H,29,35)(H,30,31)(H,32,33)(H,37,38)(H4,24,25,26). The summed E-state index contributed by atoms with van der Waals surface area (Å²) in [7, 11) is 0. The Morgan fingerprint density at radius 1 is 0.711 bits per heavy atom. The van der Waals surface area contributed by atoms with Crippen molar-refractivity contribution in [3.05, 3.63) is 0 Å². The summed E-state index contributed by atoms with van der Waals surface area (Å²) < 4.78 is 0. The van der Waals surface area contributed by atoms with Crippen LogP contribution in [0, 0.1) is 0 Å². The van der Waals surface area contributed by atoms with Gasteiger partial charge in [0.25, 0.3) is 0 Å². The number of unbranched alkanes of at least 4 members (excludes halogenated alkanes) is 1. The highest BCUT2D eigenvalue weighted by molar-refractivity contribution is 5.94. The van der Waals surface area contributed by atoms with Crippen LogP contribution in [0.15, 0.2) is 4.99 Å². The van der Waals surface area contributed by atoms with E-state index in [4.69, 9.17) is 33.1 Å². The third-order valence-corrected chi connectivity index (χ3v) is 5.15. The van der Waals surface area contributed by atoms with E-state index in [1.54, 1.807) is 0 Å². The first kappa shape index (κ1) is 34.0. The summed E-state index contributed by atoms with van der Waals surface area (Å²) in [5.41, 5.74) is 21.5. The molecule has 0 aliphatic heterocycles. The average Bonchev–Trinajstić information content (AvgIpc) is 2.81. The summed E-state index contributed by atoms with van der Waals surface area (Å²) in [6, 6.07) is -5.56. The van der Waals surface area contributed by atoms with E-state index in [-0.39, 0.29) is 31.8 Å². The maximum Gasteiger partial charge on any atom is 0.326 e. The molecule has 0 spiro atoms. The van der Waals surface area contributed by atoms with Crippen LogP contribution in [0.4, 0.5) is 0 Å². The zero-order valence-corrected chi connectivity index (χ0v) is 20.9. The lowest BCUT2D eigenvalue weighted by Gasteiger charge is -2.25. The van der Waals surface area contributed by atoms with Crippen molar-refractivity contribution in [3.63, 3.8) is 0 Å². The van der Waals surface area contributed by atoms with Crippen LogP contribution in [0.2, 0.25) is 0 Å². The Balaban J connectivity index is 5.69. The van der Waals surface area contributed by atoms with Crippen LogP contribution in [0.3, 0.4) is 0 Å². The van der Waals surface area contributed by atoms with Gasteiger partial charge in [-0.25, -0.2) is 4.79 Å². The Bertz CT molecular complexity index is 864. The van der Waals surface area contributed by atoms with Crippen molar-refractivity contribution in [2.24, 2.45) is 27.9 Å². The summed E-state index contributed by atoms with van der Waals surface area (Å²) in [5.74, 6) is -6.95. The molecule has 0 aliphatic rings. The highest BCUT2D eigenvalue weighted by Gasteiger charge is 2.30. The van der Waals surface area contributed by atoms with E-state index >= 15 is 0 Å². The van der Waals surface area contributed by atoms with Crippen LogP contribution >= 0.6 is 0 Å². The topological polar surface area (TPSA) is 316 Å². The molecule has 0 saturated carbocycles. The molecule has 0 saturated heterocycles. The third kappa shape index (κ3) is 15.2. The van der Waals surface area contributed by atoms with E-state index in [9.17, 15) is 33.9 Å². The second-order valence-electron chi connectivity index (χ2n) is 8.39. The van der Waals surface area contributed by atoms with Crippen LogP contribution < -0.4 is 38.9 Å². The highest BCUT2D eigenvalue weighted by Crippen LogP contribution is 2.07. The number of hydrogen-bond donors (Lipinski definition) is 10. The normalized spacial score (nSPS) is 13.7. The maximum absolute atomic E-state index is 13.0. The van der Waals surface area contributed by atoms with Crippen molar-refractivity contribution >= 4 is 41.6 Å². The smallest absolute Gasteiger partial charge is 0.326 e. The van der Waals surface area contributed by atoms with Crippen molar-refractivity contribution < 1.29 is 44.1 Å². The minimum Gasteiger partial charge on any atom is -0.481 e. The van der Waals surface area contributed by atoms with Gasteiger partial charge in [-0.2, -0.15) is 0 Å². The van der Waals surface area contributed by atoms with E-state index in [0.717, 1.165) is 0 Å². The van der Waals surface area contributed by atoms with Gasteiger partial charge in [0.05, 0.1) is 12.5 Å². The van der Waals surface area contributed by atoms with Crippen molar-refractivity contribution in [2.75, 3.05) is 13.1 Å². The summed E-state index contributed by atoms with van der Waals surface area (Å²) in [5, 5.41) is 34.2. The molecular weight excluding hydrogens is 508 g/mol. The van der Waals surface area contributed by atoms with Crippen LogP contribution in [-0.2, 0) is 28.8 Å². The number of carbonyl (C=O) groups is 6. The number of nitrogens with zero attached hydrogens (tertiary/aromatic N) is 1. The molecule has 0 bridgehead atoms. The first-order chi connectivity index (χ1) is 17.8. The zero-order valence-electron chi connectivity index (χ0n) is 20.9. The number of guanidine groups is 1. The van der Waals surface area contributed by atoms with Crippen molar-refractivity contribution in [3.8, 4) is 0 Å². The highest BCUT2D eigenvalue weighted by atomic mass is 16.4. The van der Waals surface area contributed by atoms with Crippen molar-refractivity contribution in [1.82, 2.24) is 16.0 Å². The second kappa shape index (κ2) is 18.3. The molecule has 4 unspecified atom stereocenters. The third-order valence-electron chi connectivity index (χ3n) is 5.15. The number of aliphatic imine (C=N–C) groups is 1. The molecule has 4 atom stereocenters. The quantitative estimate of drug-likeness (QED) is 0.0401. The van der Waals surface area contributed by atoms with E-state index in [1.165, 1.54) is 0 Å². The van der Waals surface area contributed by atoms with Crippen molar-refractivity contribution in [1.29, 1.82) is 0 Å². The summed E-state index contributed by atoms with van der Waals surface area (Å²) in [6.45, 7) is 0.424. The Hall–Kier alpha value is -3.99. The predicted molar refractivity (Wildman–Crippen MR) is 133 cm³/mol. The molecule has 17 nitrogen and oxygen atoms in total. The van der Waals surface area contributed by atoms with E-state index in [1.807, 2.05) is 0 Å². The summed E-state index contributed by atoms with van der Waals surface area (Å²) >= 11 is 0. The van der Waals surface area contributed by atoms with E-state index < -0.39 is 79.1 Å². The second-order valence-corrected chi connectivity index (χ2v) is 8.39. The molecule has 0 heterocycles. The number of amides is 3. The molecule has 0 rings (SSSR count). The van der Waals surface area contributed by atoms with Gasteiger partial charge in [-0.3, -0.25) is 29.0 Å². The first-order valence-electron chi connectivity index (χ1n) is 11.9. The Labute approximate surface area is 218 Å². The number of carbonyl (C=O) groups excluding carboxylic acids is 3. The monoisotopic (exact) mass is 546 g/mol. The molecule has 216 valence electrons. The number of hydrogen-bond acceptors (Lipinski definition) is 9. The molecule has 0 aromatic carbocycles. The van der Waals surface area contributed by atoms with Crippen LogP contribution in [0.5, 0.6) is 0 Å². The van der Waals surface area contributed by atoms with E-state index in [2.05, 4.69) is 20.9 Å². The van der Waals surface area contributed by atoms with Crippen LogP contribution in [0.1, 0.15) is 51.4 Å². The molecule has 0 aliphatic carbocycles. The largest absolute Gasteiger partial charge is 0.481 e. The minimum atomic E-state index is -1.52. The fourth-order valence-electron chi connectivity index (χ4n) is 3.16. The van der Waals surface area contributed by atoms with Crippen LogP contribution in [0.25, 0.3) is 0 Å². The lowest BCUT2D eigenvalue weighted by Crippen LogP contribution is -2.57. The lowest BCUT2D eigenvalue weighted by molar-refractivity contribution is -0.142. The van der Waals surface area contributed by atoms with Crippen molar-refractivity contribution in [2.45, 2.75) is 75.5 Å². The Kier molecular flexibility index (Phi) is 16.4. The van der Waals surface area contributed by atoms with Gasteiger partial charge in [0.15, 0.2) is 5.96 Å². The van der Waals surface area contributed by atoms with Gasteiger partial charge in [-0.05, 0) is 45.1 Å². The average molecular weight is 547 g/mol. The van der Waals surface area contributed by atoms with Gasteiger partial charge in [-0.15, -0.1) is 0 Å². The molecular formula is C21H38N8O9. The molecule has 14 N–H and O–H groups in total. The number of rotatable bonds is 20. The SMILES string of the molecule is NCCCCC(NC(=O)C(CCCN=C(N)N)NC(=O)C(CCC(=O)O)NC(=O)C(N)CC(=O)O)C(=O)O. The molecule has 17 heteroatoms. The number of carboxylic acid groups (broad SMARTS) is 3. The number of aliphatic carboxylic acids is 3. The maximum atomic E-state index is 13.0. The van der Waals surface area contributed by atoms with Gasteiger partial charge in [0.2, 0.25) is 17.7 Å². The van der Waals surface area contributed by atoms with Gasteiger partial charge >= 0.3 is 17.9 Å². The van der Waals surface area contributed by atoms with Gasteiger partial charge in [-0.1, -0.05) is 0 Å². The number of nitrogens with two attached hydrogens (primary N) is 4. The Morgan fingerprint density at radius 3 is 1.74 bits per heavy atom. The molecule has 3 amide bonds. The summed E-state index contributed by atoms with van der Waals surface area (Å²) in [4.78, 5) is 75.4. The van der Waals surface area contributed by atoms with E-state index in [0.29, 0.717) is 19.4 Å². The van der Waals surface area contributed by atoms with Gasteiger partial charge < -0.3 is 54.2 Å². The predicted octanol–water partition coefficient (Wildman–Crippen LogP) is -3.63. The molecule has 0 aromatic heterocycles. The zero-order chi connectivity index (χ0) is 29.3. The minimum absolute atomic E-state index is 0.0401. The van der Waals surface area contributed by atoms with Gasteiger partial charge in [0.1, 0.15) is 18.1 Å².